The van der Waals surface area contributed by atoms with Gasteiger partial charge < -0.3 is 9.64 Å². The Morgan fingerprint density at radius 2 is 2.07 bits per heavy atom. The van der Waals surface area contributed by atoms with Gasteiger partial charge in [0.1, 0.15) is 0 Å². The minimum atomic E-state index is -3.67. The van der Waals surface area contributed by atoms with Gasteiger partial charge in [-0.25, -0.2) is 8.42 Å². The SMILES string of the molecule is CN(C)C(=O)c1cccc(S(=O)(=O)N2CC[C@@H](OCc3ccccn3)C2)c1. The van der Waals surface area contributed by atoms with Crippen LogP contribution < -0.4 is 0 Å². The average Bonchev–Trinajstić information content (AvgIpc) is 3.16. The number of amides is 1. The van der Waals surface area contributed by atoms with Crippen LogP contribution in [0, 0.1) is 0 Å². The quantitative estimate of drug-likeness (QED) is 0.752. The second kappa shape index (κ2) is 8.16. The van der Waals surface area contributed by atoms with Gasteiger partial charge in [-0.05, 0) is 36.8 Å². The summed E-state index contributed by atoms with van der Waals surface area (Å²) in [5.41, 5.74) is 1.16. The second-order valence-corrected chi connectivity index (χ2v) is 8.57. The Labute approximate surface area is 159 Å². The number of rotatable bonds is 6. The smallest absolute Gasteiger partial charge is 0.253 e. The van der Waals surface area contributed by atoms with Crippen molar-refractivity contribution in [3.05, 3.63) is 59.9 Å². The van der Waals surface area contributed by atoms with Crippen LogP contribution in [0.1, 0.15) is 22.5 Å². The van der Waals surface area contributed by atoms with Gasteiger partial charge in [0.2, 0.25) is 10.0 Å². The molecule has 2 heterocycles. The minimum Gasteiger partial charge on any atom is -0.371 e. The zero-order valence-electron chi connectivity index (χ0n) is 15.4. The molecule has 1 fully saturated rings. The van der Waals surface area contributed by atoms with Crippen LogP contribution in [-0.2, 0) is 21.4 Å². The molecule has 7 nitrogen and oxygen atoms in total. The van der Waals surface area contributed by atoms with E-state index >= 15 is 0 Å². The fourth-order valence-electron chi connectivity index (χ4n) is 2.94. The Morgan fingerprint density at radius 3 is 2.78 bits per heavy atom. The third-order valence-electron chi connectivity index (χ3n) is 4.43. The molecule has 0 spiro atoms. The Kier molecular flexibility index (Phi) is 5.88. The molecule has 1 aromatic carbocycles. The van der Waals surface area contributed by atoms with Gasteiger partial charge in [-0.1, -0.05) is 12.1 Å². The Hall–Kier alpha value is -2.29. The molecule has 0 radical (unpaired) electrons. The molecule has 0 unspecified atom stereocenters. The predicted molar refractivity (Wildman–Crippen MR) is 101 cm³/mol. The third kappa shape index (κ3) is 4.52. The standard InChI is InChI=1S/C19H23N3O4S/c1-21(2)19(23)15-6-5-8-18(12-15)27(24,25)22-11-9-17(13-22)26-14-16-7-3-4-10-20-16/h3-8,10,12,17H,9,11,13-14H2,1-2H3/t17-/m1/s1. The number of benzene rings is 1. The molecule has 0 aliphatic carbocycles. The van der Waals surface area contributed by atoms with Crippen molar-refractivity contribution in [1.82, 2.24) is 14.2 Å². The van der Waals surface area contributed by atoms with Crippen molar-refractivity contribution in [3.63, 3.8) is 0 Å². The van der Waals surface area contributed by atoms with E-state index in [4.69, 9.17) is 4.74 Å². The van der Waals surface area contributed by atoms with Gasteiger partial charge in [0.05, 0.1) is 23.3 Å². The van der Waals surface area contributed by atoms with Crippen molar-refractivity contribution in [2.45, 2.75) is 24.0 Å². The van der Waals surface area contributed by atoms with Crippen LogP contribution in [0.2, 0.25) is 0 Å². The zero-order valence-corrected chi connectivity index (χ0v) is 16.2. The Balaban J connectivity index is 1.67. The lowest BCUT2D eigenvalue weighted by atomic mass is 10.2. The number of carbonyl (C=O) groups is 1. The molecule has 1 aromatic heterocycles. The van der Waals surface area contributed by atoms with Crippen LogP contribution in [0.4, 0.5) is 0 Å². The largest absolute Gasteiger partial charge is 0.371 e. The van der Waals surface area contributed by atoms with E-state index in [0.29, 0.717) is 31.7 Å². The normalized spacial score (nSPS) is 17.8. The fraction of sp³-hybridized carbons (Fsp3) is 0.368. The second-order valence-electron chi connectivity index (χ2n) is 6.63. The molecule has 1 amide bonds. The number of pyridine rings is 1. The van der Waals surface area contributed by atoms with Crippen LogP contribution in [0.15, 0.2) is 53.6 Å². The number of sulfonamides is 1. The van der Waals surface area contributed by atoms with Crippen LogP contribution in [-0.4, -0.2) is 61.8 Å². The summed E-state index contributed by atoms with van der Waals surface area (Å²) in [7, 11) is -0.404. The first kappa shape index (κ1) is 19.5. The number of aromatic nitrogens is 1. The summed E-state index contributed by atoms with van der Waals surface area (Å²) in [4.78, 5) is 17.9. The lowest BCUT2D eigenvalue weighted by Crippen LogP contribution is -2.30. The van der Waals surface area contributed by atoms with Crippen LogP contribution >= 0.6 is 0 Å². The van der Waals surface area contributed by atoms with Crippen LogP contribution in [0.5, 0.6) is 0 Å². The van der Waals surface area contributed by atoms with E-state index in [1.54, 1.807) is 32.4 Å². The highest BCUT2D eigenvalue weighted by Gasteiger charge is 2.33. The molecule has 0 N–H and O–H groups in total. The minimum absolute atomic E-state index is 0.126. The molecule has 1 aliphatic rings. The van der Waals surface area contributed by atoms with E-state index in [0.717, 1.165) is 5.69 Å². The highest BCUT2D eigenvalue weighted by atomic mass is 32.2. The summed E-state index contributed by atoms with van der Waals surface area (Å²) in [5.74, 6) is -0.231. The topological polar surface area (TPSA) is 79.8 Å². The molecule has 2 aromatic rings. The number of carbonyl (C=O) groups excluding carboxylic acids is 1. The van der Waals surface area contributed by atoms with E-state index in [9.17, 15) is 13.2 Å². The van der Waals surface area contributed by atoms with Crippen molar-refractivity contribution in [1.29, 1.82) is 0 Å². The molecular formula is C19H23N3O4S. The van der Waals surface area contributed by atoms with Gasteiger partial charge in [0, 0.05) is 38.9 Å². The third-order valence-corrected chi connectivity index (χ3v) is 6.29. The summed E-state index contributed by atoms with van der Waals surface area (Å²) in [6.07, 6.45) is 2.16. The first-order valence-corrected chi connectivity index (χ1v) is 10.2. The van der Waals surface area contributed by atoms with Crippen LogP contribution in [0.3, 0.4) is 0 Å². The summed E-state index contributed by atoms with van der Waals surface area (Å²) in [6, 6.07) is 11.8. The molecule has 8 heteroatoms. The van der Waals surface area contributed by atoms with Gasteiger partial charge in [0.15, 0.2) is 0 Å². The summed E-state index contributed by atoms with van der Waals surface area (Å²) in [5, 5.41) is 0. The monoisotopic (exact) mass is 389 g/mol. The Bertz CT molecular complexity index is 900. The lowest BCUT2D eigenvalue weighted by Gasteiger charge is -2.18. The maximum absolute atomic E-state index is 12.9. The number of hydrogen-bond acceptors (Lipinski definition) is 5. The first-order valence-electron chi connectivity index (χ1n) is 8.71. The summed E-state index contributed by atoms with van der Waals surface area (Å²) >= 11 is 0. The van der Waals surface area contributed by atoms with Crippen molar-refractivity contribution < 1.29 is 17.9 Å². The van der Waals surface area contributed by atoms with E-state index in [2.05, 4.69) is 4.98 Å². The number of hydrogen-bond donors (Lipinski definition) is 0. The average molecular weight is 389 g/mol. The van der Waals surface area contributed by atoms with Crippen molar-refractivity contribution in [3.8, 4) is 0 Å². The van der Waals surface area contributed by atoms with E-state index in [-0.39, 0.29) is 16.9 Å². The van der Waals surface area contributed by atoms with E-state index in [1.807, 2.05) is 18.2 Å². The van der Waals surface area contributed by atoms with E-state index in [1.165, 1.54) is 21.3 Å². The van der Waals surface area contributed by atoms with Crippen molar-refractivity contribution in [2.24, 2.45) is 0 Å². The van der Waals surface area contributed by atoms with Crippen molar-refractivity contribution >= 4 is 15.9 Å². The molecule has 0 bridgehead atoms. The highest BCUT2D eigenvalue weighted by Crippen LogP contribution is 2.24. The maximum Gasteiger partial charge on any atom is 0.253 e. The Morgan fingerprint density at radius 1 is 1.26 bits per heavy atom. The molecule has 1 atom stereocenters. The molecule has 0 saturated carbocycles. The van der Waals surface area contributed by atoms with Gasteiger partial charge in [-0.2, -0.15) is 4.31 Å². The molecule has 27 heavy (non-hydrogen) atoms. The molecule has 1 aliphatic heterocycles. The summed E-state index contributed by atoms with van der Waals surface area (Å²) < 4.78 is 33.1. The molecule has 3 rings (SSSR count). The molecule has 1 saturated heterocycles. The van der Waals surface area contributed by atoms with Gasteiger partial charge in [-0.15, -0.1) is 0 Å². The molecule has 144 valence electrons. The fourth-order valence-corrected chi connectivity index (χ4v) is 4.47. The number of ether oxygens (including phenoxy) is 1. The molecular weight excluding hydrogens is 366 g/mol. The summed E-state index contributed by atoms with van der Waals surface area (Å²) in [6.45, 7) is 1.04. The first-order chi connectivity index (χ1) is 12.9. The van der Waals surface area contributed by atoms with Crippen LogP contribution in [0.25, 0.3) is 0 Å². The lowest BCUT2D eigenvalue weighted by molar-refractivity contribution is 0.0489. The zero-order chi connectivity index (χ0) is 19.4. The van der Waals surface area contributed by atoms with Gasteiger partial charge >= 0.3 is 0 Å². The number of nitrogens with zero attached hydrogens (tertiary/aromatic N) is 3. The predicted octanol–water partition coefficient (Wildman–Crippen LogP) is 1.76. The van der Waals surface area contributed by atoms with Gasteiger partial charge in [-0.3, -0.25) is 9.78 Å². The van der Waals surface area contributed by atoms with Crippen molar-refractivity contribution in [2.75, 3.05) is 27.2 Å². The van der Waals surface area contributed by atoms with E-state index < -0.39 is 10.0 Å². The maximum atomic E-state index is 12.9. The highest BCUT2D eigenvalue weighted by molar-refractivity contribution is 7.89. The van der Waals surface area contributed by atoms with Gasteiger partial charge in [0.25, 0.3) is 5.91 Å².